The van der Waals surface area contributed by atoms with Crippen molar-refractivity contribution < 1.29 is 9.21 Å². The molecule has 0 bridgehead atoms. The normalized spacial score (nSPS) is 10.4. The van der Waals surface area contributed by atoms with E-state index in [1.165, 1.54) is 6.26 Å². The third-order valence-electron chi connectivity index (χ3n) is 2.87. The quantitative estimate of drug-likeness (QED) is 0.879. The number of hydrogen-bond acceptors (Lipinski definition) is 3. The highest BCUT2D eigenvalue weighted by Crippen LogP contribution is 2.20. The van der Waals surface area contributed by atoms with Crippen LogP contribution in [0.3, 0.4) is 0 Å². The number of benzene rings is 1. The minimum Gasteiger partial charge on any atom is -0.457 e. The maximum atomic E-state index is 12.3. The Hall–Kier alpha value is -1.75. The third kappa shape index (κ3) is 3.17. The molecule has 1 aromatic carbocycles. The van der Waals surface area contributed by atoms with Crippen LogP contribution in [0.25, 0.3) is 0 Å². The van der Waals surface area contributed by atoms with E-state index in [2.05, 4.69) is 15.9 Å². The summed E-state index contributed by atoms with van der Waals surface area (Å²) >= 11 is 3.23. The summed E-state index contributed by atoms with van der Waals surface area (Å²) in [6.07, 6.45) is 1.49. The highest BCUT2D eigenvalue weighted by atomic mass is 79.9. The fourth-order valence-electron chi connectivity index (χ4n) is 1.79. The van der Waals surface area contributed by atoms with Crippen LogP contribution >= 0.6 is 15.9 Å². The number of carbonyl (C=O) groups excluding carboxylic acids is 1. The minimum absolute atomic E-state index is 0.0556. The van der Waals surface area contributed by atoms with E-state index in [1.54, 1.807) is 11.0 Å². The van der Waals surface area contributed by atoms with Gasteiger partial charge in [-0.05, 0) is 46.6 Å². The summed E-state index contributed by atoms with van der Waals surface area (Å²) in [6, 6.07) is 9.19. The smallest absolute Gasteiger partial charge is 0.258 e. The zero-order valence-electron chi connectivity index (χ0n) is 10.6. The minimum atomic E-state index is -0.0556. The van der Waals surface area contributed by atoms with Gasteiger partial charge in [-0.25, -0.2) is 0 Å². The molecule has 1 heterocycles. The van der Waals surface area contributed by atoms with Gasteiger partial charge < -0.3 is 15.1 Å². The van der Waals surface area contributed by atoms with E-state index in [4.69, 9.17) is 10.2 Å². The van der Waals surface area contributed by atoms with Crippen molar-refractivity contribution >= 4 is 27.5 Å². The third-order valence-corrected chi connectivity index (χ3v) is 3.48. The molecule has 2 aromatic rings. The molecule has 0 spiro atoms. The average molecular weight is 323 g/mol. The lowest BCUT2D eigenvalue weighted by Crippen LogP contribution is -2.30. The number of amides is 1. The molecule has 0 saturated carbocycles. The van der Waals surface area contributed by atoms with E-state index in [1.807, 2.05) is 31.2 Å². The summed E-state index contributed by atoms with van der Waals surface area (Å²) in [6.45, 7) is 3.12. The zero-order valence-corrected chi connectivity index (χ0v) is 12.2. The molecule has 100 valence electrons. The molecule has 1 aromatic heterocycles. The molecule has 19 heavy (non-hydrogen) atoms. The molecule has 0 aliphatic rings. The average Bonchev–Trinajstić information content (AvgIpc) is 2.83. The second-order valence-electron chi connectivity index (χ2n) is 4.17. The van der Waals surface area contributed by atoms with Crippen LogP contribution in [0.4, 0.5) is 5.69 Å². The van der Waals surface area contributed by atoms with E-state index in [0.717, 1.165) is 11.3 Å². The van der Waals surface area contributed by atoms with Crippen molar-refractivity contribution in [3.8, 4) is 0 Å². The van der Waals surface area contributed by atoms with Crippen LogP contribution in [-0.2, 0) is 6.54 Å². The predicted molar refractivity (Wildman–Crippen MR) is 77.7 cm³/mol. The van der Waals surface area contributed by atoms with Crippen molar-refractivity contribution in [3.63, 3.8) is 0 Å². The molecule has 2 rings (SSSR count). The molecule has 0 radical (unpaired) electrons. The van der Waals surface area contributed by atoms with Crippen LogP contribution in [0.5, 0.6) is 0 Å². The van der Waals surface area contributed by atoms with Crippen LogP contribution in [0, 0.1) is 0 Å². The predicted octanol–water partition coefficient (Wildman–Crippen LogP) is 3.29. The number of nitrogen functional groups attached to an aromatic ring is 1. The SMILES string of the molecule is CCN(Cc1ccc(N)cc1)C(=O)c1ccoc1Br. The van der Waals surface area contributed by atoms with Gasteiger partial charge in [-0.1, -0.05) is 12.1 Å². The van der Waals surface area contributed by atoms with Gasteiger partial charge in [-0.15, -0.1) is 0 Å². The van der Waals surface area contributed by atoms with E-state index in [-0.39, 0.29) is 5.91 Å². The topological polar surface area (TPSA) is 59.5 Å². The number of hydrogen-bond donors (Lipinski definition) is 1. The Bertz CT molecular complexity index is 563. The highest BCUT2D eigenvalue weighted by Gasteiger charge is 2.18. The summed E-state index contributed by atoms with van der Waals surface area (Å²) in [5.74, 6) is -0.0556. The van der Waals surface area contributed by atoms with Crippen molar-refractivity contribution in [3.05, 3.63) is 52.4 Å². The number of halogens is 1. The highest BCUT2D eigenvalue weighted by molar-refractivity contribution is 9.10. The number of furan rings is 1. The molecule has 0 atom stereocenters. The Morgan fingerprint density at radius 1 is 1.32 bits per heavy atom. The lowest BCUT2D eigenvalue weighted by Gasteiger charge is -2.20. The number of carbonyl (C=O) groups is 1. The van der Waals surface area contributed by atoms with Crippen LogP contribution < -0.4 is 5.73 Å². The molecule has 5 heteroatoms. The lowest BCUT2D eigenvalue weighted by molar-refractivity contribution is 0.0750. The summed E-state index contributed by atoms with van der Waals surface area (Å²) in [5.41, 5.74) is 7.95. The van der Waals surface area contributed by atoms with Gasteiger partial charge in [0.2, 0.25) is 0 Å². The van der Waals surface area contributed by atoms with Gasteiger partial charge in [0.05, 0.1) is 11.8 Å². The molecular weight excluding hydrogens is 308 g/mol. The van der Waals surface area contributed by atoms with E-state index in [9.17, 15) is 4.79 Å². The van der Waals surface area contributed by atoms with E-state index in [0.29, 0.717) is 23.3 Å². The molecule has 1 amide bonds. The Morgan fingerprint density at radius 2 is 2.00 bits per heavy atom. The van der Waals surface area contributed by atoms with Crippen molar-refractivity contribution in [1.29, 1.82) is 0 Å². The van der Waals surface area contributed by atoms with Gasteiger partial charge in [0.15, 0.2) is 4.67 Å². The van der Waals surface area contributed by atoms with E-state index >= 15 is 0 Å². The summed E-state index contributed by atoms with van der Waals surface area (Å²) < 4.78 is 5.56. The maximum absolute atomic E-state index is 12.3. The first kappa shape index (κ1) is 13.7. The molecule has 0 fully saturated rings. The fourth-order valence-corrected chi connectivity index (χ4v) is 2.20. The summed E-state index contributed by atoms with van der Waals surface area (Å²) in [7, 11) is 0. The first-order valence-electron chi connectivity index (χ1n) is 5.98. The number of rotatable bonds is 4. The van der Waals surface area contributed by atoms with Gasteiger partial charge in [0, 0.05) is 18.8 Å². The second-order valence-corrected chi connectivity index (χ2v) is 4.89. The largest absolute Gasteiger partial charge is 0.457 e. The van der Waals surface area contributed by atoms with Crippen molar-refractivity contribution in [2.24, 2.45) is 0 Å². The van der Waals surface area contributed by atoms with Crippen LogP contribution in [0.15, 0.2) is 45.7 Å². The number of anilines is 1. The molecule has 0 aliphatic heterocycles. The molecular formula is C14H15BrN2O2. The van der Waals surface area contributed by atoms with Crippen LogP contribution in [0.2, 0.25) is 0 Å². The number of nitrogens with two attached hydrogens (primary N) is 1. The first-order valence-corrected chi connectivity index (χ1v) is 6.77. The van der Waals surface area contributed by atoms with Crippen molar-refractivity contribution in [2.75, 3.05) is 12.3 Å². The van der Waals surface area contributed by atoms with Gasteiger partial charge >= 0.3 is 0 Å². The van der Waals surface area contributed by atoms with Crippen molar-refractivity contribution in [2.45, 2.75) is 13.5 Å². The molecule has 0 unspecified atom stereocenters. The Labute approximate surface area is 120 Å². The lowest BCUT2D eigenvalue weighted by atomic mass is 10.2. The Balaban J connectivity index is 2.14. The maximum Gasteiger partial charge on any atom is 0.258 e. The van der Waals surface area contributed by atoms with E-state index < -0.39 is 0 Å². The van der Waals surface area contributed by atoms with Crippen LogP contribution in [0.1, 0.15) is 22.8 Å². The first-order chi connectivity index (χ1) is 9.11. The summed E-state index contributed by atoms with van der Waals surface area (Å²) in [5, 5.41) is 0. The number of nitrogens with zero attached hydrogens (tertiary/aromatic N) is 1. The van der Waals surface area contributed by atoms with Gasteiger partial charge in [-0.2, -0.15) is 0 Å². The Morgan fingerprint density at radius 3 is 2.53 bits per heavy atom. The zero-order chi connectivity index (χ0) is 13.8. The Kier molecular flexibility index (Phi) is 4.27. The molecule has 2 N–H and O–H groups in total. The monoisotopic (exact) mass is 322 g/mol. The van der Waals surface area contributed by atoms with Gasteiger partial charge in [0.1, 0.15) is 0 Å². The molecule has 0 aliphatic carbocycles. The summed E-state index contributed by atoms with van der Waals surface area (Å²) in [4.78, 5) is 14.1. The van der Waals surface area contributed by atoms with Crippen molar-refractivity contribution in [1.82, 2.24) is 4.90 Å². The van der Waals surface area contributed by atoms with Crippen LogP contribution in [-0.4, -0.2) is 17.4 Å². The molecule has 4 nitrogen and oxygen atoms in total. The van der Waals surface area contributed by atoms with Gasteiger partial charge in [-0.3, -0.25) is 4.79 Å². The fraction of sp³-hybridized carbons (Fsp3) is 0.214. The standard InChI is InChI=1S/C14H15BrN2O2/c1-2-17(9-10-3-5-11(16)6-4-10)14(18)12-7-8-19-13(12)15/h3-8H,2,9,16H2,1H3. The van der Waals surface area contributed by atoms with Gasteiger partial charge in [0.25, 0.3) is 5.91 Å². The second kappa shape index (κ2) is 5.93. The molecule has 0 saturated heterocycles.